The summed E-state index contributed by atoms with van der Waals surface area (Å²) in [6, 6.07) is 16.1. The molecular formula is C58H70O29. The fourth-order valence-corrected chi connectivity index (χ4v) is 9.79. The molecule has 20 atom stereocenters. The van der Waals surface area contributed by atoms with Gasteiger partial charge in [-0.15, -0.1) is 0 Å². The summed E-state index contributed by atoms with van der Waals surface area (Å²) in [4.78, 5) is 26.2. The van der Waals surface area contributed by atoms with Crippen LogP contribution >= 0.6 is 0 Å². The number of hydrogen-bond donors (Lipinski definition) is 16. The van der Waals surface area contributed by atoms with Crippen LogP contribution in [0.3, 0.4) is 0 Å². The summed E-state index contributed by atoms with van der Waals surface area (Å²) in [5.74, 6) is -4.71. The highest BCUT2D eigenvalue weighted by molar-refractivity contribution is 5.88. The fraction of sp³-hybridized carbons (Fsp3) is 0.483. The molecule has 4 fully saturated rings. The Kier molecular flexibility index (Phi) is 22.4. The lowest BCUT2D eigenvalue weighted by Crippen LogP contribution is -2.65. The number of phenolic OH excluding ortho intramolecular Hbond substituents is 6. The van der Waals surface area contributed by atoms with Crippen LogP contribution in [0, 0.1) is 0 Å². The summed E-state index contributed by atoms with van der Waals surface area (Å²) >= 11 is 0. The predicted octanol–water partition coefficient (Wildman–Crippen LogP) is -1.34. The van der Waals surface area contributed by atoms with E-state index in [9.17, 15) is 91.3 Å². The monoisotopic (exact) mass is 1230 g/mol. The number of hydrogen-bond acceptors (Lipinski definition) is 29. The molecule has 0 spiro atoms. The first-order chi connectivity index (χ1) is 41.4. The average Bonchev–Trinajstić information content (AvgIpc) is 1.43. The van der Waals surface area contributed by atoms with E-state index in [1.165, 1.54) is 86.7 Å². The second kappa shape index (κ2) is 29.5. The minimum absolute atomic E-state index is 0.0611. The van der Waals surface area contributed by atoms with E-state index in [1.54, 1.807) is 12.1 Å². The number of phenols is 6. The van der Waals surface area contributed by atoms with E-state index in [1.807, 2.05) is 0 Å². The van der Waals surface area contributed by atoms with E-state index in [2.05, 4.69) is 0 Å². The molecule has 0 amide bonds. The van der Waals surface area contributed by atoms with Gasteiger partial charge in [-0.25, -0.2) is 9.59 Å². The Morgan fingerprint density at radius 3 is 1.18 bits per heavy atom. The minimum Gasteiger partial charge on any atom is -0.504 e. The van der Waals surface area contributed by atoms with Crippen LogP contribution in [-0.2, 0) is 69.8 Å². The van der Waals surface area contributed by atoms with Gasteiger partial charge in [0.1, 0.15) is 73.2 Å². The first kappa shape index (κ1) is 66.1. The van der Waals surface area contributed by atoms with Gasteiger partial charge >= 0.3 is 11.9 Å². The Balaban J connectivity index is 0.869. The number of benzene rings is 4. The molecule has 0 radical (unpaired) electrons. The second-order valence-electron chi connectivity index (χ2n) is 20.9. The minimum atomic E-state index is -1.86. The van der Waals surface area contributed by atoms with Crippen molar-refractivity contribution in [1.82, 2.24) is 0 Å². The zero-order valence-corrected chi connectivity index (χ0v) is 46.5. The number of aliphatic hydroxyl groups excluding tert-OH is 10. The summed E-state index contributed by atoms with van der Waals surface area (Å²) in [6.07, 6.45) is -27.6. The molecule has 4 aliphatic rings. The molecule has 8 rings (SSSR count). The third kappa shape index (κ3) is 16.1. The summed E-state index contributed by atoms with van der Waals surface area (Å²) < 4.78 is 63.4. The van der Waals surface area contributed by atoms with Crippen LogP contribution in [0.4, 0.5) is 0 Å². The van der Waals surface area contributed by atoms with Gasteiger partial charge in [0.25, 0.3) is 0 Å². The zero-order chi connectivity index (χ0) is 63.0. The van der Waals surface area contributed by atoms with E-state index in [0.29, 0.717) is 11.1 Å². The Labute approximate surface area is 495 Å². The number of aromatic hydroxyl groups is 6. The van der Waals surface area contributed by atoms with Gasteiger partial charge in [-0.1, -0.05) is 24.3 Å². The molecule has 4 aromatic carbocycles. The normalized spacial score (nSPS) is 32.9. The molecule has 0 aliphatic carbocycles. The standard InChI is InChI=1S/C58H70O29/c1-25-43(69)45(71)47(73)57(79-25)86-53-49(75)55(82-39(23-59)51(53)84-41(67)13-7-27-3-9-31(61)33(63)19-27)77-17-15-29-5-11-37(35(65)21-29)81-38-12-6-30(22-36(38)66)16-18-78-56-50(76)54(87-58-48(74)46(72)44(70)26(2)80-58)52(40(24-60)83-56)85-42(68)14-8-28-4-10-32(62)34(64)20-28/h3-14,19-22,25-26,39-40,43-66,69-76H,15-18,23-24H2,1-2H3/b13-7+,14-8+/t25-,26-,39+,40+,43-,44-,45+,46+,47+,48+,49+,50+,51+,52+,53+,54+,55+,56+,57-,58-/m0/s1. The number of ether oxygens (including phenoxy) is 11. The molecule has 29 nitrogen and oxygen atoms in total. The summed E-state index contributed by atoms with van der Waals surface area (Å²) in [5, 5.41) is 168. The summed E-state index contributed by atoms with van der Waals surface area (Å²) in [7, 11) is 0. The van der Waals surface area contributed by atoms with Gasteiger partial charge in [0.2, 0.25) is 0 Å². The van der Waals surface area contributed by atoms with Gasteiger partial charge in [-0.3, -0.25) is 0 Å². The van der Waals surface area contributed by atoms with Crippen molar-refractivity contribution >= 4 is 24.1 Å². The molecule has 476 valence electrons. The summed E-state index contributed by atoms with van der Waals surface area (Å²) in [5.41, 5.74) is 1.51. The van der Waals surface area contributed by atoms with Crippen molar-refractivity contribution in [3.05, 3.63) is 107 Å². The molecule has 16 N–H and O–H groups in total. The van der Waals surface area contributed by atoms with Crippen molar-refractivity contribution in [2.45, 2.75) is 150 Å². The second-order valence-corrected chi connectivity index (χ2v) is 20.9. The van der Waals surface area contributed by atoms with Crippen LogP contribution in [0.15, 0.2) is 84.9 Å². The van der Waals surface area contributed by atoms with E-state index in [4.69, 9.17) is 52.1 Å². The van der Waals surface area contributed by atoms with Gasteiger partial charge in [0.15, 0.2) is 83.4 Å². The lowest BCUT2D eigenvalue weighted by Gasteiger charge is -2.46. The maximum absolute atomic E-state index is 13.1. The Morgan fingerprint density at radius 2 is 0.828 bits per heavy atom. The summed E-state index contributed by atoms with van der Waals surface area (Å²) in [6.45, 7) is 0.706. The van der Waals surface area contributed by atoms with Gasteiger partial charge in [-0.2, -0.15) is 0 Å². The van der Waals surface area contributed by atoms with Gasteiger partial charge in [0, 0.05) is 12.2 Å². The van der Waals surface area contributed by atoms with Gasteiger partial charge in [-0.05, 0) is 110 Å². The molecule has 0 bridgehead atoms. The smallest absolute Gasteiger partial charge is 0.331 e. The first-order valence-electron chi connectivity index (χ1n) is 27.4. The van der Waals surface area contributed by atoms with E-state index in [0.717, 1.165) is 12.2 Å². The molecule has 4 saturated heterocycles. The molecule has 4 aliphatic heterocycles. The molecule has 29 heteroatoms. The number of carbonyl (C=O) groups excluding carboxylic acids is 2. The van der Waals surface area contributed by atoms with Gasteiger partial charge in [0.05, 0.1) is 38.6 Å². The van der Waals surface area contributed by atoms with Crippen molar-refractivity contribution in [3.8, 4) is 46.0 Å². The highest BCUT2D eigenvalue weighted by Gasteiger charge is 2.54. The maximum atomic E-state index is 13.1. The van der Waals surface area contributed by atoms with Crippen LogP contribution < -0.4 is 4.74 Å². The lowest BCUT2D eigenvalue weighted by molar-refractivity contribution is -0.357. The molecule has 0 saturated carbocycles. The quantitative estimate of drug-likeness (QED) is 0.0246. The molecule has 4 heterocycles. The number of rotatable bonds is 22. The first-order valence-corrected chi connectivity index (χ1v) is 27.4. The maximum Gasteiger partial charge on any atom is 0.331 e. The molecule has 0 aromatic heterocycles. The SMILES string of the molecule is C[C@@H]1O[C@@H](O[C@@H]2[C@@H](O)[C@H](OCCc3ccc(Oc4ccc(CCO[C@@H]5O[C@H](CO)[C@@H](OC(=O)/C=C/c6ccc(O)c(O)c6)[C@H](O[C@@H]6O[C@@H](C)[C@H](O)[C@@H](O)[C@H]6O)[C@H]5O)cc4O)c(O)c3)O[C@H](CO)[C@H]2OC(=O)/C=C/c2ccc(O)c(O)c2)[C@H](O)[C@H](O)[C@H]1O. The molecular weight excluding hydrogens is 1160 g/mol. The molecule has 87 heavy (non-hydrogen) atoms. The fourth-order valence-electron chi connectivity index (χ4n) is 9.79. The Morgan fingerprint density at radius 1 is 0.437 bits per heavy atom. The van der Waals surface area contributed by atoms with Crippen LogP contribution in [0.25, 0.3) is 12.2 Å². The van der Waals surface area contributed by atoms with Crippen LogP contribution in [-0.4, -0.2) is 243 Å². The van der Waals surface area contributed by atoms with Crippen molar-refractivity contribution in [1.29, 1.82) is 0 Å². The highest BCUT2D eigenvalue weighted by atomic mass is 16.8. The molecule has 0 unspecified atom stereocenters. The molecule has 4 aromatic rings. The topological polar surface area (TPSA) is 459 Å². The van der Waals surface area contributed by atoms with E-state index >= 15 is 0 Å². The highest BCUT2D eigenvalue weighted by Crippen LogP contribution is 2.38. The van der Waals surface area contributed by atoms with Crippen molar-refractivity contribution in [3.63, 3.8) is 0 Å². The number of carbonyl (C=O) groups is 2. The van der Waals surface area contributed by atoms with Crippen molar-refractivity contribution < 1.29 is 143 Å². The predicted molar refractivity (Wildman–Crippen MR) is 291 cm³/mol. The Bertz CT molecular complexity index is 2820. The zero-order valence-electron chi connectivity index (χ0n) is 46.5. The van der Waals surface area contributed by atoms with Crippen LogP contribution in [0.5, 0.6) is 46.0 Å². The van der Waals surface area contributed by atoms with Crippen LogP contribution in [0.1, 0.15) is 36.1 Å². The van der Waals surface area contributed by atoms with Gasteiger partial charge < -0.3 is 134 Å². The average molecular weight is 1230 g/mol. The Hall–Kier alpha value is -6.82. The lowest BCUT2D eigenvalue weighted by atomic mass is 9.97. The van der Waals surface area contributed by atoms with E-state index < -0.39 is 171 Å². The third-order valence-electron chi connectivity index (χ3n) is 14.7. The van der Waals surface area contributed by atoms with E-state index in [-0.39, 0.29) is 60.2 Å². The number of aliphatic hydroxyl groups is 10. The van der Waals surface area contributed by atoms with Crippen molar-refractivity contribution in [2.75, 3.05) is 26.4 Å². The largest absolute Gasteiger partial charge is 0.504 e. The van der Waals surface area contributed by atoms with Crippen LogP contribution in [0.2, 0.25) is 0 Å². The number of esters is 2. The third-order valence-corrected chi connectivity index (χ3v) is 14.7. The van der Waals surface area contributed by atoms with Crippen molar-refractivity contribution in [2.24, 2.45) is 0 Å².